The van der Waals surface area contributed by atoms with Crippen molar-refractivity contribution in [3.63, 3.8) is 0 Å². The van der Waals surface area contributed by atoms with Gasteiger partial charge in [0.2, 0.25) is 11.8 Å². The van der Waals surface area contributed by atoms with Crippen LogP contribution in [-0.4, -0.2) is 58.6 Å². The van der Waals surface area contributed by atoms with Crippen molar-refractivity contribution in [3.8, 4) is 0 Å². The van der Waals surface area contributed by atoms with Crippen molar-refractivity contribution in [2.24, 2.45) is 0 Å². The smallest absolute Gasteiger partial charge is 0.245 e. The molecule has 1 heterocycles. The fourth-order valence-corrected chi connectivity index (χ4v) is 3.54. The summed E-state index contributed by atoms with van der Waals surface area (Å²) < 4.78 is 6.82. The molecule has 2 rings (SSSR count). The van der Waals surface area contributed by atoms with Crippen LogP contribution < -0.4 is 5.32 Å². The van der Waals surface area contributed by atoms with Gasteiger partial charge in [-0.15, -0.1) is 0 Å². The first-order valence-electron chi connectivity index (χ1n) is 9.86. The Balaban J connectivity index is 2.16. The van der Waals surface area contributed by atoms with E-state index in [2.05, 4.69) is 5.32 Å². The molecule has 28 heavy (non-hydrogen) atoms. The first-order chi connectivity index (χ1) is 13.3. The first kappa shape index (κ1) is 21.9. The molecule has 2 amide bonds. The highest BCUT2D eigenvalue weighted by atomic mass is 16.5. The summed E-state index contributed by atoms with van der Waals surface area (Å²) in [6.07, 6.45) is 1.42. The molecule has 0 saturated heterocycles. The summed E-state index contributed by atoms with van der Waals surface area (Å²) in [6.45, 7) is 9.01. The number of methoxy groups -OCH3 is 1. The normalized spacial score (nSPS) is 11.4. The van der Waals surface area contributed by atoms with Gasteiger partial charge in [0.25, 0.3) is 0 Å². The Kier molecular flexibility index (Phi) is 7.99. The van der Waals surface area contributed by atoms with E-state index in [0.29, 0.717) is 13.0 Å². The minimum atomic E-state index is -0.129. The van der Waals surface area contributed by atoms with Gasteiger partial charge in [-0.25, -0.2) is 4.98 Å². The summed E-state index contributed by atoms with van der Waals surface area (Å²) in [7, 11) is 1.50. The molecule has 7 heteroatoms. The van der Waals surface area contributed by atoms with Gasteiger partial charge >= 0.3 is 0 Å². The van der Waals surface area contributed by atoms with Crippen LogP contribution in [0.5, 0.6) is 0 Å². The molecule has 7 nitrogen and oxygen atoms in total. The number of carbonyl (C=O) groups excluding carboxylic acids is 2. The molecule has 0 aliphatic heterocycles. The van der Waals surface area contributed by atoms with Crippen LogP contribution in [0.2, 0.25) is 0 Å². The van der Waals surface area contributed by atoms with Crippen LogP contribution in [-0.2, 0) is 27.3 Å². The largest absolute Gasteiger partial charge is 0.375 e. The Morgan fingerprint density at radius 1 is 1.18 bits per heavy atom. The molecule has 0 atom stereocenters. The number of carbonyl (C=O) groups is 2. The molecule has 0 bridgehead atoms. The highest BCUT2D eigenvalue weighted by Gasteiger charge is 2.22. The number of hydrogen-bond acceptors (Lipinski definition) is 4. The van der Waals surface area contributed by atoms with Gasteiger partial charge in [-0.3, -0.25) is 9.59 Å². The van der Waals surface area contributed by atoms with Crippen molar-refractivity contribution in [1.82, 2.24) is 19.8 Å². The van der Waals surface area contributed by atoms with Gasteiger partial charge in [0, 0.05) is 32.2 Å². The number of hydrogen-bond donors (Lipinski definition) is 1. The summed E-state index contributed by atoms with van der Waals surface area (Å²) in [4.78, 5) is 31.1. The molecule has 0 saturated carbocycles. The van der Waals surface area contributed by atoms with Crippen molar-refractivity contribution >= 4 is 22.8 Å². The van der Waals surface area contributed by atoms with E-state index < -0.39 is 0 Å². The predicted molar refractivity (Wildman–Crippen MR) is 110 cm³/mol. The van der Waals surface area contributed by atoms with Crippen LogP contribution in [0.1, 0.15) is 39.9 Å². The van der Waals surface area contributed by atoms with E-state index in [0.717, 1.165) is 23.3 Å². The number of imidazole rings is 1. The molecule has 0 radical (unpaired) electrons. The van der Waals surface area contributed by atoms with Crippen LogP contribution in [0.15, 0.2) is 24.3 Å². The van der Waals surface area contributed by atoms with E-state index in [1.807, 2.05) is 61.4 Å². The van der Waals surface area contributed by atoms with E-state index in [1.54, 1.807) is 0 Å². The summed E-state index contributed by atoms with van der Waals surface area (Å²) in [5, 5.41) is 2.82. The fraction of sp³-hybridized carbons (Fsp3) is 0.571. The number of para-hydroxylation sites is 2. The van der Waals surface area contributed by atoms with Crippen molar-refractivity contribution in [1.29, 1.82) is 0 Å². The Bertz CT molecular complexity index is 790. The minimum absolute atomic E-state index is 0.0628. The molecular formula is C21H32N4O3. The third-order valence-electron chi connectivity index (χ3n) is 4.60. The molecule has 0 spiro atoms. The quantitative estimate of drug-likeness (QED) is 0.634. The van der Waals surface area contributed by atoms with Crippen LogP contribution >= 0.6 is 0 Å². The van der Waals surface area contributed by atoms with Gasteiger partial charge < -0.3 is 19.5 Å². The van der Waals surface area contributed by atoms with Gasteiger partial charge in [0.1, 0.15) is 19.0 Å². The third-order valence-corrected chi connectivity index (χ3v) is 4.60. The number of nitrogens with zero attached hydrogens (tertiary/aromatic N) is 3. The average Bonchev–Trinajstić information content (AvgIpc) is 2.96. The number of benzene rings is 1. The molecule has 0 unspecified atom stereocenters. The predicted octanol–water partition coefficient (Wildman–Crippen LogP) is 2.38. The molecule has 1 aromatic carbocycles. The maximum absolute atomic E-state index is 13.0. The second kappa shape index (κ2) is 10.2. The van der Waals surface area contributed by atoms with E-state index in [-0.39, 0.29) is 37.0 Å². The minimum Gasteiger partial charge on any atom is -0.375 e. The Hall–Kier alpha value is -2.41. The molecular weight excluding hydrogens is 356 g/mol. The summed E-state index contributed by atoms with van der Waals surface area (Å²) in [5.74, 6) is 0.821. The van der Waals surface area contributed by atoms with Crippen LogP contribution in [0.4, 0.5) is 0 Å². The highest BCUT2D eigenvalue weighted by molar-refractivity contribution is 5.81. The van der Waals surface area contributed by atoms with Crippen molar-refractivity contribution < 1.29 is 14.3 Å². The van der Waals surface area contributed by atoms with Gasteiger partial charge in [0.05, 0.1) is 11.0 Å². The lowest BCUT2D eigenvalue weighted by Gasteiger charge is -2.31. The topological polar surface area (TPSA) is 76.5 Å². The molecule has 0 aliphatic rings. The number of amides is 2. The van der Waals surface area contributed by atoms with E-state index in [9.17, 15) is 9.59 Å². The van der Waals surface area contributed by atoms with Crippen LogP contribution in [0.25, 0.3) is 11.0 Å². The molecule has 0 fully saturated rings. The lowest BCUT2D eigenvalue weighted by molar-refractivity contribution is -0.135. The number of ether oxygens (including phenoxy) is 1. The number of nitrogens with one attached hydrogen (secondary N) is 1. The summed E-state index contributed by atoms with van der Waals surface area (Å²) in [5.41, 5.74) is 1.84. The highest BCUT2D eigenvalue weighted by Crippen LogP contribution is 2.18. The monoisotopic (exact) mass is 388 g/mol. The Morgan fingerprint density at radius 3 is 2.50 bits per heavy atom. The van der Waals surface area contributed by atoms with Crippen molar-refractivity contribution in [3.05, 3.63) is 30.1 Å². The zero-order chi connectivity index (χ0) is 20.7. The van der Waals surface area contributed by atoms with Gasteiger partial charge in [-0.05, 0) is 46.2 Å². The Labute approximate surface area is 167 Å². The van der Waals surface area contributed by atoms with Crippen LogP contribution in [0, 0.1) is 0 Å². The number of rotatable bonds is 10. The van der Waals surface area contributed by atoms with Gasteiger partial charge in [0.15, 0.2) is 0 Å². The maximum atomic E-state index is 13.0. The number of fused-ring (bicyclic) bond motifs is 1. The second-order valence-electron chi connectivity index (χ2n) is 7.48. The number of aryl methyl sites for hydroxylation is 1. The molecule has 1 N–H and O–H groups in total. The average molecular weight is 389 g/mol. The molecule has 0 aliphatic carbocycles. The SMILES string of the molecule is COCC(=O)NCCCc1nc2ccccc2n1CC(=O)N(C(C)C)C(C)C. The van der Waals surface area contributed by atoms with Crippen molar-refractivity contribution in [2.45, 2.75) is 59.2 Å². The zero-order valence-electron chi connectivity index (χ0n) is 17.6. The summed E-state index contributed by atoms with van der Waals surface area (Å²) >= 11 is 0. The Morgan fingerprint density at radius 2 is 1.86 bits per heavy atom. The third kappa shape index (κ3) is 5.55. The van der Waals surface area contributed by atoms with Gasteiger partial charge in [-0.2, -0.15) is 0 Å². The van der Waals surface area contributed by atoms with Gasteiger partial charge in [-0.1, -0.05) is 12.1 Å². The lowest BCUT2D eigenvalue weighted by atomic mass is 10.2. The standard InChI is InChI=1S/C21H32N4O3/c1-15(2)25(16(3)4)21(27)13-24-18-10-7-6-9-17(18)23-19(24)11-8-12-22-20(26)14-28-5/h6-7,9-10,15-16H,8,11-14H2,1-5H3,(H,22,26). The zero-order valence-corrected chi connectivity index (χ0v) is 17.6. The van der Waals surface area contributed by atoms with Crippen LogP contribution in [0.3, 0.4) is 0 Å². The lowest BCUT2D eigenvalue weighted by Crippen LogP contribution is -2.43. The van der Waals surface area contributed by atoms with Crippen molar-refractivity contribution in [2.75, 3.05) is 20.3 Å². The first-order valence-corrected chi connectivity index (χ1v) is 9.86. The van der Waals surface area contributed by atoms with E-state index >= 15 is 0 Å². The molecule has 2 aromatic rings. The van der Waals surface area contributed by atoms with E-state index in [4.69, 9.17) is 9.72 Å². The second-order valence-corrected chi connectivity index (χ2v) is 7.48. The molecule has 1 aromatic heterocycles. The fourth-order valence-electron chi connectivity index (χ4n) is 3.54. The summed E-state index contributed by atoms with van der Waals surface area (Å²) in [6, 6.07) is 8.15. The number of aromatic nitrogens is 2. The maximum Gasteiger partial charge on any atom is 0.245 e. The van der Waals surface area contributed by atoms with E-state index in [1.165, 1.54) is 7.11 Å². The molecule has 154 valence electrons.